The van der Waals surface area contributed by atoms with E-state index in [4.69, 9.17) is 4.74 Å². The molecule has 0 fully saturated rings. The molecule has 116 valence electrons. The van der Waals surface area contributed by atoms with Crippen LogP contribution < -0.4 is 10.9 Å². The zero-order valence-corrected chi connectivity index (χ0v) is 12.4. The second-order valence-corrected chi connectivity index (χ2v) is 4.83. The number of hydrogen-bond donors (Lipinski definition) is 1. The second kappa shape index (κ2) is 7.00. The summed E-state index contributed by atoms with van der Waals surface area (Å²) in [5, 5.41) is 2.64. The number of aryl methyl sites for hydroxylation is 1. The van der Waals surface area contributed by atoms with Gasteiger partial charge in [0.25, 0.3) is 11.5 Å². The number of aromatic nitrogens is 1. The van der Waals surface area contributed by atoms with E-state index < -0.39 is 12.0 Å². The second-order valence-electron chi connectivity index (χ2n) is 4.83. The van der Waals surface area contributed by atoms with Crippen molar-refractivity contribution in [1.82, 2.24) is 9.88 Å². The summed E-state index contributed by atoms with van der Waals surface area (Å²) in [6.45, 7) is 0.136. The lowest BCUT2D eigenvalue weighted by Gasteiger charge is -2.16. The van der Waals surface area contributed by atoms with Crippen LogP contribution in [0.3, 0.4) is 0 Å². The Hall–Kier alpha value is -2.47. The topological polar surface area (TPSA) is 60.3 Å². The van der Waals surface area contributed by atoms with Crippen LogP contribution in [0.15, 0.2) is 47.4 Å². The number of rotatable bonds is 5. The Morgan fingerprint density at radius 1 is 1.36 bits per heavy atom. The molecule has 0 unspecified atom stereocenters. The first-order valence-electron chi connectivity index (χ1n) is 6.75. The van der Waals surface area contributed by atoms with Crippen LogP contribution in [0, 0.1) is 5.82 Å². The zero-order chi connectivity index (χ0) is 16.1. The van der Waals surface area contributed by atoms with E-state index in [0.29, 0.717) is 5.56 Å². The van der Waals surface area contributed by atoms with Gasteiger partial charge in [-0.1, -0.05) is 12.1 Å². The average Bonchev–Trinajstić information content (AvgIpc) is 2.50. The number of methoxy groups -OCH3 is 1. The van der Waals surface area contributed by atoms with Gasteiger partial charge in [-0.3, -0.25) is 9.59 Å². The van der Waals surface area contributed by atoms with Crippen molar-refractivity contribution in [2.75, 3.05) is 13.7 Å². The smallest absolute Gasteiger partial charge is 0.263 e. The Labute approximate surface area is 127 Å². The summed E-state index contributed by atoms with van der Waals surface area (Å²) in [6.07, 6.45) is 1.08. The summed E-state index contributed by atoms with van der Waals surface area (Å²) < 4.78 is 19.8. The molecule has 2 rings (SSSR count). The van der Waals surface area contributed by atoms with Crippen molar-refractivity contribution in [3.8, 4) is 0 Å². The van der Waals surface area contributed by atoms with Crippen LogP contribution in [0.25, 0.3) is 0 Å². The molecule has 0 aliphatic heterocycles. The van der Waals surface area contributed by atoms with Crippen molar-refractivity contribution in [3.05, 3.63) is 69.9 Å². The molecule has 0 saturated heterocycles. The van der Waals surface area contributed by atoms with Crippen molar-refractivity contribution in [1.29, 1.82) is 0 Å². The minimum Gasteiger partial charge on any atom is -0.375 e. The SMILES string of the molecule is CO[C@H](CNC(=O)c1cccn(C)c1=O)c1cccc(F)c1. The van der Waals surface area contributed by atoms with Gasteiger partial charge < -0.3 is 14.6 Å². The summed E-state index contributed by atoms with van der Waals surface area (Å²) in [7, 11) is 3.05. The fraction of sp³-hybridized carbons (Fsp3) is 0.250. The average molecular weight is 304 g/mol. The third-order valence-electron chi connectivity index (χ3n) is 3.32. The van der Waals surface area contributed by atoms with Crippen molar-refractivity contribution >= 4 is 5.91 Å². The summed E-state index contributed by atoms with van der Waals surface area (Å²) in [4.78, 5) is 23.9. The first kappa shape index (κ1) is 15.9. The van der Waals surface area contributed by atoms with Gasteiger partial charge in [0.2, 0.25) is 0 Å². The highest BCUT2D eigenvalue weighted by Crippen LogP contribution is 2.16. The molecule has 1 aromatic heterocycles. The normalized spacial score (nSPS) is 12.0. The van der Waals surface area contributed by atoms with E-state index in [9.17, 15) is 14.0 Å². The van der Waals surface area contributed by atoms with Crippen molar-refractivity contribution < 1.29 is 13.9 Å². The standard InChI is InChI=1S/C16H17FN2O3/c1-19-8-4-7-13(16(19)21)15(20)18-10-14(22-2)11-5-3-6-12(17)9-11/h3-9,14H,10H2,1-2H3,(H,18,20)/t14-/m1/s1. The summed E-state index contributed by atoms with van der Waals surface area (Å²) in [5.74, 6) is -0.859. The molecule has 1 atom stereocenters. The maximum absolute atomic E-state index is 13.2. The van der Waals surface area contributed by atoms with Crippen LogP contribution in [0.1, 0.15) is 22.0 Å². The molecule has 6 heteroatoms. The quantitative estimate of drug-likeness (QED) is 0.913. The summed E-state index contributed by atoms with van der Waals surface area (Å²) in [6, 6.07) is 9.05. The van der Waals surface area contributed by atoms with E-state index in [1.807, 2.05) is 0 Å². The van der Waals surface area contributed by atoms with E-state index in [1.165, 1.54) is 29.9 Å². The van der Waals surface area contributed by atoms with Gasteiger partial charge in [0.05, 0.1) is 6.10 Å². The van der Waals surface area contributed by atoms with E-state index >= 15 is 0 Å². The van der Waals surface area contributed by atoms with Gasteiger partial charge in [-0.2, -0.15) is 0 Å². The van der Waals surface area contributed by atoms with Gasteiger partial charge in [-0.15, -0.1) is 0 Å². The Bertz CT molecular complexity index is 727. The first-order valence-corrected chi connectivity index (χ1v) is 6.75. The highest BCUT2D eigenvalue weighted by atomic mass is 19.1. The number of nitrogens with zero attached hydrogens (tertiary/aromatic N) is 1. The molecule has 1 aromatic carbocycles. The molecule has 22 heavy (non-hydrogen) atoms. The molecule has 0 saturated carbocycles. The number of amides is 1. The zero-order valence-electron chi connectivity index (χ0n) is 12.4. The van der Waals surface area contributed by atoms with Crippen LogP contribution in [0.4, 0.5) is 4.39 Å². The monoisotopic (exact) mass is 304 g/mol. The Kier molecular flexibility index (Phi) is 5.06. The maximum atomic E-state index is 13.2. The molecular formula is C16H17FN2O3. The number of ether oxygens (including phenoxy) is 1. The Balaban J connectivity index is 2.09. The Morgan fingerprint density at radius 3 is 2.82 bits per heavy atom. The van der Waals surface area contributed by atoms with Crippen LogP contribution in [-0.4, -0.2) is 24.1 Å². The molecule has 5 nitrogen and oxygen atoms in total. The van der Waals surface area contributed by atoms with E-state index in [1.54, 1.807) is 31.4 Å². The molecule has 1 heterocycles. The van der Waals surface area contributed by atoms with Crippen LogP contribution >= 0.6 is 0 Å². The predicted molar refractivity (Wildman–Crippen MR) is 80.2 cm³/mol. The van der Waals surface area contributed by atoms with Gasteiger partial charge in [-0.05, 0) is 29.8 Å². The molecule has 2 aromatic rings. The van der Waals surface area contributed by atoms with Crippen LogP contribution in [0.5, 0.6) is 0 Å². The van der Waals surface area contributed by atoms with E-state index in [0.717, 1.165) is 0 Å². The minimum atomic E-state index is -0.493. The van der Waals surface area contributed by atoms with Crippen molar-refractivity contribution in [2.24, 2.45) is 7.05 Å². The third-order valence-corrected chi connectivity index (χ3v) is 3.32. The number of carbonyl (C=O) groups excluding carboxylic acids is 1. The van der Waals surface area contributed by atoms with Crippen molar-refractivity contribution in [2.45, 2.75) is 6.10 Å². The molecule has 0 radical (unpaired) electrons. The van der Waals surface area contributed by atoms with Crippen molar-refractivity contribution in [3.63, 3.8) is 0 Å². The number of hydrogen-bond acceptors (Lipinski definition) is 3. The lowest BCUT2D eigenvalue weighted by Crippen LogP contribution is -2.34. The third kappa shape index (κ3) is 3.59. The fourth-order valence-electron chi connectivity index (χ4n) is 2.09. The number of benzene rings is 1. The number of nitrogens with one attached hydrogen (secondary N) is 1. The Morgan fingerprint density at radius 2 is 2.14 bits per heavy atom. The number of carbonyl (C=O) groups is 1. The first-order chi connectivity index (χ1) is 10.5. The van der Waals surface area contributed by atoms with Crippen LogP contribution in [-0.2, 0) is 11.8 Å². The van der Waals surface area contributed by atoms with E-state index in [2.05, 4.69) is 5.32 Å². The fourth-order valence-corrected chi connectivity index (χ4v) is 2.09. The van der Waals surface area contributed by atoms with Gasteiger partial charge in [0, 0.05) is 26.9 Å². The minimum absolute atomic E-state index is 0.0547. The highest BCUT2D eigenvalue weighted by molar-refractivity contribution is 5.93. The molecule has 0 aliphatic carbocycles. The molecular weight excluding hydrogens is 287 g/mol. The lowest BCUT2D eigenvalue weighted by atomic mass is 10.1. The van der Waals surface area contributed by atoms with Crippen LogP contribution in [0.2, 0.25) is 0 Å². The lowest BCUT2D eigenvalue weighted by molar-refractivity contribution is 0.0825. The molecule has 0 aliphatic rings. The van der Waals surface area contributed by atoms with E-state index in [-0.39, 0.29) is 23.5 Å². The number of halogens is 1. The summed E-state index contributed by atoms with van der Waals surface area (Å²) in [5.41, 5.74) is 0.294. The van der Waals surface area contributed by atoms with Gasteiger partial charge >= 0.3 is 0 Å². The van der Waals surface area contributed by atoms with Gasteiger partial charge in [-0.25, -0.2) is 4.39 Å². The molecule has 1 amide bonds. The molecule has 1 N–H and O–H groups in total. The highest BCUT2D eigenvalue weighted by Gasteiger charge is 2.15. The summed E-state index contributed by atoms with van der Waals surface area (Å²) >= 11 is 0. The van der Waals surface area contributed by atoms with Gasteiger partial charge in [0.15, 0.2) is 0 Å². The van der Waals surface area contributed by atoms with Gasteiger partial charge in [0.1, 0.15) is 11.4 Å². The molecule has 0 spiro atoms. The number of pyridine rings is 1. The maximum Gasteiger partial charge on any atom is 0.263 e. The predicted octanol–water partition coefficient (Wildman–Crippen LogP) is 1.64. The molecule has 0 bridgehead atoms. The largest absolute Gasteiger partial charge is 0.375 e.